The van der Waals surface area contributed by atoms with Crippen molar-refractivity contribution in [3.63, 3.8) is 0 Å². The molecule has 0 aliphatic heterocycles. The molecule has 0 bridgehead atoms. The van der Waals surface area contributed by atoms with Crippen LogP contribution in [-0.4, -0.2) is 31.4 Å². The fourth-order valence-corrected chi connectivity index (χ4v) is 4.14. The Hall–Kier alpha value is -3.40. The zero-order chi connectivity index (χ0) is 26.3. The Kier molecular flexibility index (Phi) is 9.08. The first-order valence-corrected chi connectivity index (χ1v) is 13.3. The van der Waals surface area contributed by atoms with Crippen molar-refractivity contribution in [1.29, 1.82) is 0 Å². The van der Waals surface area contributed by atoms with Crippen LogP contribution in [0.5, 0.6) is 5.75 Å². The zero-order valence-corrected chi connectivity index (χ0v) is 22.2. The highest BCUT2D eigenvalue weighted by atomic mass is 35.5. The van der Waals surface area contributed by atoms with Crippen LogP contribution in [0.25, 0.3) is 5.57 Å². The molecule has 3 aromatic rings. The number of benzene rings is 1. The van der Waals surface area contributed by atoms with Gasteiger partial charge in [0.05, 0.1) is 22.7 Å². The third-order valence-corrected chi connectivity index (χ3v) is 6.04. The summed E-state index contributed by atoms with van der Waals surface area (Å²) in [5, 5.41) is 3.70. The Morgan fingerprint density at radius 1 is 1.17 bits per heavy atom. The third-order valence-electron chi connectivity index (χ3n) is 4.85. The molecular weight excluding hydrogens is 521 g/mol. The summed E-state index contributed by atoms with van der Waals surface area (Å²) in [5.74, 6) is 1.05. The molecule has 0 atom stereocenters. The number of nitrogens with zero attached hydrogens (tertiary/aromatic N) is 3. The minimum atomic E-state index is -3.50. The quantitative estimate of drug-likeness (QED) is 0.179. The number of rotatable bonds is 10. The van der Waals surface area contributed by atoms with E-state index in [2.05, 4.69) is 31.7 Å². The molecule has 8 nitrogen and oxygen atoms in total. The highest BCUT2D eigenvalue weighted by Crippen LogP contribution is 2.30. The monoisotopic (exact) mass is 545 g/mol. The van der Waals surface area contributed by atoms with Crippen molar-refractivity contribution < 1.29 is 13.2 Å². The minimum absolute atomic E-state index is 0.0590. The summed E-state index contributed by atoms with van der Waals surface area (Å²) in [6, 6.07) is 12.5. The molecule has 0 saturated heterocycles. The minimum Gasteiger partial charge on any atom is -0.486 e. The molecule has 2 heterocycles. The molecule has 1 aromatic carbocycles. The topological polar surface area (TPSA) is 106 Å². The van der Waals surface area contributed by atoms with Gasteiger partial charge in [-0.15, -0.1) is 0 Å². The highest BCUT2D eigenvalue weighted by molar-refractivity contribution is 7.92. The molecule has 0 amide bonds. The molecule has 11 heteroatoms. The van der Waals surface area contributed by atoms with Crippen LogP contribution in [0.3, 0.4) is 0 Å². The molecule has 0 fully saturated rings. The molecule has 3 rings (SSSR count). The maximum atomic E-state index is 11.6. The first-order chi connectivity index (χ1) is 17.1. The van der Waals surface area contributed by atoms with Crippen LogP contribution in [-0.2, 0) is 16.6 Å². The number of anilines is 2. The summed E-state index contributed by atoms with van der Waals surface area (Å²) in [6.07, 6.45) is 6.19. The van der Waals surface area contributed by atoms with Crippen LogP contribution in [0.1, 0.15) is 25.1 Å². The Morgan fingerprint density at radius 2 is 1.94 bits per heavy atom. The second-order valence-corrected chi connectivity index (χ2v) is 10.3. The molecule has 2 aromatic heterocycles. The van der Waals surface area contributed by atoms with Gasteiger partial charge in [0, 0.05) is 18.1 Å². The molecule has 0 aliphatic rings. The number of aliphatic imine (C=N–C) groups is 1. The Morgan fingerprint density at radius 3 is 2.58 bits per heavy atom. The second-order valence-electron chi connectivity index (χ2n) is 7.83. The number of hydrogen-bond acceptors (Lipinski definition) is 7. The van der Waals surface area contributed by atoms with Crippen LogP contribution in [0.15, 0.2) is 77.3 Å². The van der Waals surface area contributed by atoms with Crippen molar-refractivity contribution >= 4 is 56.9 Å². The lowest BCUT2D eigenvalue weighted by atomic mass is 10.1. The first kappa shape index (κ1) is 27.2. The van der Waals surface area contributed by atoms with Crippen LogP contribution in [0.2, 0.25) is 10.2 Å². The molecular formula is C25H25Cl2N5O3S. The van der Waals surface area contributed by atoms with Gasteiger partial charge in [0.2, 0.25) is 10.0 Å². The van der Waals surface area contributed by atoms with Gasteiger partial charge in [-0.2, -0.15) is 0 Å². The molecule has 0 radical (unpaired) electrons. The Balaban J connectivity index is 1.77. The van der Waals surface area contributed by atoms with E-state index in [1.807, 2.05) is 44.2 Å². The molecule has 188 valence electrons. The van der Waals surface area contributed by atoms with Gasteiger partial charge in [-0.3, -0.25) is 9.71 Å². The lowest BCUT2D eigenvalue weighted by Gasteiger charge is -2.13. The number of ether oxygens (including phenoxy) is 1. The van der Waals surface area contributed by atoms with Crippen LogP contribution < -0.4 is 14.8 Å². The van der Waals surface area contributed by atoms with Crippen LogP contribution in [0, 0.1) is 0 Å². The fourth-order valence-electron chi connectivity index (χ4n) is 3.14. The average Bonchev–Trinajstić information content (AvgIpc) is 2.83. The van der Waals surface area contributed by atoms with Crippen molar-refractivity contribution in [3.05, 3.63) is 93.8 Å². The predicted octanol–water partition coefficient (Wildman–Crippen LogP) is 6.18. The standard InChI is InChI=1S/C25H25Cl2N5O3S/c1-16(18-12-22(24(27)30-14-18)32-36(4,33)34)11-17(2)25(28-3)31-19-8-9-23(21(26)13-19)35-15-20-7-5-6-10-29-20/h5-14,31-32H,3,15H2,1-2,4H3/b16-11+,25-17-. The zero-order valence-electron chi connectivity index (χ0n) is 19.9. The first-order valence-electron chi connectivity index (χ1n) is 10.6. The number of pyridine rings is 2. The molecule has 0 spiro atoms. The van der Waals surface area contributed by atoms with Gasteiger partial charge in [-0.25, -0.2) is 18.4 Å². The lowest BCUT2D eigenvalue weighted by molar-refractivity contribution is 0.301. The summed E-state index contributed by atoms with van der Waals surface area (Å²) in [5.41, 5.74) is 3.97. The summed E-state index contributed by atoms with van der Waals surface area (Å²) in [7, 11) is -3.50. The van der Waals surface area contributed by atoms with E-state index in [9.17, 15) is 8.42 Å². The Labute approximate surface area is 220 Å². The van der Waals surface area contributed by atoms with E-state index in [1.54, 1.807) is 30.6 Å². The van der Waals surface area contributed by atoms with Gasteiger partial charge in [0.1, 0.15) is 18.2 Å². The van der Waals surface area contributed by atoms with E-state index >= 15 is 0 Å². The fraction of sp³-hybridized carbons (Fsp3) is 0.160. The third kappa shape index (κ3) is 7.81. The predicted molar refractivity (Wildman–Crippen MR) is 147 cm³/mol. The van der Waals surface area contributed by atoms with Gasteiger partial charge in [-0.1, -0.05) is 35.3 Å². The molecule has 36 heavy (non-hydrogen) atoms. The van der Waals surface area contributed by atoms with Crippen molar-refractivity contribution in [1.82, 2.24) is 9.97 Å². The molecule has 2 N–H and O–H groups in total. The molecule has 0 unspecified atom stereocenters. The van der Waals surface area contributed by atoms with E-state index in [0.29, 0.717) is 34.5 Å². The highest BCUT2D eigenvalue weighted by Gasteiger charge is 2.11. The van der Waals surface area contributed by atoms with E-state index in [0.717, 1.165) is 23.1 Å². The number of allylic oxidation sites excluding steroid dienone is 3. The van der Waals surface area contributed by atoms with Crippen molar-refractivity contribution in [3.8, 4) is 5.75 Å². The molecule has 0 saturated carbocycles. The molecule has 0 aliphatic carbocycles. The number of halogens is 2. The summed E-state index contributed by atoms with van der Waals surface area (Å²) in [6.45, 7) is 7.69. The van der Waals surface area contributed by atoms with Crippen molar-refractivity contribution in [2.24, 2.45) is 4.99 Å². The van der Waals surface area contributed by atoms with Crippen LogP contribution in [0.4, 0.5) is 11.4 Å². The number of aromatic nitrogens is 2. The van der Waals surface area contributed by atoms with Gasteiger partial charge in [-0.05, 0) is 73.7 Å². The maximum Gasteiger partial charge on any atom is 0.229 e. The van der Waals surface area contributed by atoms with Gasteiger partial charge >= 0.3 is 0 Å². The number of nitrogens with one attached hydrogen (secondary N) is 2. The van der Waals surface area contributed by atoms with E-state index in [4.69, 9.17) is 27.9 Å². The number of sulfonamides is 1. The van der Waals surface area contributed by atoms with Crippen molar-refractivity contribution in [2.45, 2.75) is 20.5 Å². The normalized spacial score (nSPS) is 12.5. The second kappa shape index (κ2) is 12.0. The average molecular weight is 546 g/mol. The lowest BCUT2D eigenvalue weighted by Crippen LogP contribution is -2.10. The summed E-state index contributed by atoms with van der Waals surface area (Å²) < 4.78 is 31.3. The van der Waals surface area contributed by atoms with Crippen LogP contribution >= 0.6 is 23.2 Å². The van der Waals surface area contributed by atoms with E-state index in [1.165, 1.54) is 0 Å². The summed E-state index contributed by atoms with van der Waals surface area (Å²) >= 11 is 12.4. The number of hydrogen-bond donors (Lipinski definition) is 2. The van der Waals surface area contributed by atoms with E-state index < -0.39 is 10.0 Å². The maximum absolute atomic E-state index is 11.6. The largest absolute Gasteiger partial charge is 0.486 e. The van der Waals surface area contributed by atoms with Crippen molar-refractivity contribution in [2.75, 3.05) is 16.3 Å². The van der Waals surface area contributed by atoms with Gasteiger partial charge < -0.3 is 10.1 Å². The van der Waals surface area contributed by atoms with Gasteiger partial charge in [0.15, 0.2) is 5.15 Å². The SMILES string of the molecule is C=N/C(Nc1ccc(OCc2ccccn2)c(Cl)c1)=C(C)/C=C(\C)c1cnc(Cl)c(NS(C)(=O)=O)c1. The van der Waals surface area contributed by atoms with E-state index in [-0.39, 0.29) is 10.8 Å². The smallest absolute Gasteiger partial charge is 0.229 e. The van der Waals surface area contributed by atoms with Gasteiger partial charge in [0.25, 0.3) is 0 Å². The summed E-state index contributed by atoms with van der Waals surface area (Å²) in [4.78, 5) is 12.4. The Bertz CT molecular complexity index is 1420.